The van der Waals surface area contributed by atoms with Crippen LogP contribution in [0.5, 0.6) is 23.0 Å². The van der Waals surface area contributed by atoms with Gasteiger partial charge >= 0.3 is 53.5 Å². The van der Waals surface area contributed by atoms with Gasteiger partial charge in [-0.15, -0.1) is 24.8 Å². The first-order valence-corrected chi connectivity index (χ1v) is 9.03. The first kappa shape index (κ1) is 41.4. The number of methoxy groups -OCH3 is 2. The van der Waals surface area contributed by atoms with Gasteiger partial charge in [-0.3, -0.25) is 19.7 Å². The molecule has 2 aliphatic rings. The molecule has 0 amide bonds. The van der Waals surface area contributed by atoms with Gasteiger partial charge in [-0.05, 0) is 30.5 Å². The van der Waals surface area contributed by atoms with Crippen LogP contribution in [0.4, 0.5) is 11.4 Å². The molecule has 0 aliphatic heterocycles. The zero-order chi connectivity index (χ0) is 22.2. The number of phenolic OH excluding ortho intramolecular Hbond substituents is 2. The maximum atomic E-state index is 11.5. The van der Waals surface area contributed by atoms with E-state index < -0.39 is 16.4 Å². The third kappa shape index (κ3) is 7.64. The summed E-state index contributed by atoms with van der Waals surface area (Å²) in [7, 11) is 2.71. The quantitative estimate of drug-likeness (QED) is 0.133. The van der Waals surface area contributed by atoms with Crippen molar-refractivity contribution in [3.8, 4) is 23.0 Å². The van der Waals surface area contributed by atoms with Crippen LogP contribution in [-0.2, 0) is 12.8 Å². The third-order valence-electron chi connectivity index (χ3n) is 5.19. The summed E-state index contributed by atoms with van der Waals surface area (Å²) in [4.78, 5) is 33.0. The van der Waals surface area contributed by atoms with Gasteiger partial charge in [0, 0.05) is 29.5 Å². The number of hydrogen-bond donors (Lipinski definition) is 3. The van der Waals surface area contributed by atoms with Gasteiger partial charge in [0.05, 0.1) is 24.8 Å². The summed E-state index contributed by atoms with van der Waals surface area (Å²) < 4.78 is 9.72. The van der Waals surface area contributed by atoms with Crippen molar-refractivity contribution >= 4 is 95.6 Å². The van der Waals surface area contributed by atoms with Crippen LogP contribution in [0.15, 0.2) is 12.1 Å². The Labute approximate surface area is 252 Å². The van der Waals surface area contributed by atoms with Crippen LogP contribution in [0.2, 0.25) is 0 Å². The molecule has 0 fully saturated rings. The predicted octanol–water partition coefficient (Wildman–Crippen LogP) is 1.09. The Kier molecular flexibility index (Phi) is 19.5. The van der Waals surface area contributed by atoms with E-state index in [0.29, 0.717) is 30.4 Å². The number of ether oxygens (including phenoxy) is 2. The number of Topliss-reactive ketones (excluding diaryl/α,β-unsaturated/α-hetero) is 2. The average Bonchev–Trinajstić information content (AvgIpc) is 3.27. The van der Waals surface area contributed by atoms with Crippen LogP contribution in [0.3, 0.4) is 0 Å². The third-order valence-corrected chi connectivity index (χ3v) is 5.19. The number of fused-ring (bicyclic) bond motifs is 2. The zero-order valence-electron chi connectivity index (χ0n) is 19.3. The van der Waals surface area contributed by atoms with Crippen molar-refractivity contribution in [2.24, 2.45) is 0 Å². The molecule has 0 bridgehead atoms. The van der Waals surface area contributed by atoms with Gasteiger partial charge in [0.1, 0.15) is 0 Å². The molecule has 0 atom stereocenters. The van der Waals surface area contributed by atoms with Crippen LogP contribution in [0.1, 0.15) is 44.7 Å². The molecule has 6 radical (unpaired) electrons. The molecule has 0 saturated heterocycles. The van der Waals surface area contributed by atoms with E-state index >= 15 is 0 Å². The fourth-order valence-electron chi connectivity index (χ4n) is 3.66. The number of nitro groups is 1. The van der Waals surface area contributed by atoms with Crippen molar-refractivity contribution in [1.82, 2.24) is 0 Å². The monoisotopic (exact) mass is 765 g/mol. The molecule has 0 heterocycles. The fourth-order valence-corrected chi connectivity index (χ4v) is 3.66. The van der Waals surface area contributed by atoms with E-state index in [0.717, 1.165) is 5.56 Å². The van der Waals surface area contributed by atoms with E-state index in [4.69, 9.17) is 15.2 Å². The van der Waals surface area contributed by atoms with Gasteiger partial charge in [-0.2, -0.15) is 0 Å². The maximum absolute atomic E-state index is 11.5. The Morgan fingerprint density at radius 1 is 0.861 bits per heavy atom. The van der Waals surface area contributed by atoms with Crippen molar-refractivity contribution in [1.29, 1.82) is 0 Å². The van der Waals surface area contributed by atoms with Crippen molar-refractivity contribution in [3.63, 3.8) is 0 Å². The van der Waals surface area contributed by atoms with E-state index in [1.807, 2.05) is 0 Å². The van der Waals surface area contributed by atoms with Gasteiger partial charge in [0.25, 0.3) is 0 Å². The van der Waals surface area contributed by atoms with Gasteiger partial charge < -0.3 is 36.4 Å². The number of aromatic hydroxyl groups is 2. The van der Waals surface area contributed by atoms with Crippen molar-refractivity contribution in [2.45, 2.75) is 25.7 Å². The van der Waals surface area contributed by atoms with Crippen LogP contribution >= 0.6 is 24.8 Å². The molecule has 0 saturated carbocycles. The molecule has 200 valence electrons. The summed E-state index contributed by atoms with van der Waals surface area (Å²) in [5, 5.41) is 30.1. The molecule has 7 N–H and O–H groups in total. The Hall–Kier alpha value is -1.72. The second-order valence-corrected chi connectivity index (χ2v) is 6.77. The SMILES string of the molecule is COc1cc2c(c(N)c1O)CCC2=O.COc1cc2c(c([N+](=O)[O-])c1O)CCC2=O.Cl.Cl.O.[OH-].[SnH].[SnH]. The summed E-state index contributed by atoms with van der Waals surface area (Å²) in [6, 6.07) is 2.91. The number of carbonyl (C=O) groups excluding carboxylic acids is 2. The minimum atomic E-state index is -0.685. The summed E-state index contributed by atoms with van der Waals surface area (Å²) >= 11 is 0. The molecule has 2 aromatic carbocycles. The molecule has 0 unspecified atom stereocenters. The number of benzene rings is 2. The molecular weight excluding hydrogens is 737 g/mol. The number of ketones is 2. The van der Waals surface area contributed by atoms with Gasteiger partial charge in [-0.25, -0.2) is 0 Å². The number of nitrogens with zero attached hydrogens (tertiary/aromatic N) is 1. The van der Waals surface area contributed by atoms with Gasteiger partial charge in [-0.1, -0.05) is 0 Å². The Morgan fingerprint density at radius 3 is 1.67 bits per heavy atom. The normalized spacial score (nSPS) is 11.6. The minimum absolute atomic E-state index is 0. The average molecular weight is 764 g/mol. The van der Waals surface area contributed by atoms with Crippen LogP contribution in [0.25, 0.3) is 0 Å². The number of nitrogens with two attached hydrogens (primary N) is 1. The topological polar surface area (TPSA) is 224 Å². The molecule has 36 heavy (non-hydrogen) atoms. The van der Waals surface area contributed by atoms with Crippen molar-refractivity contribution < 1.29 is 45.2 Å². The first-order chi connectivity index (χ1) is 14.2. The van der Waals surface area contributed by atoms with E-state index in [1.165, 1.54) is 20.3 Å². The Bertz CT molecular complexity index is 1100. The van der Waals surface area contributed by atoms with Crippen LogP contribution in [-0.4, -0.2) is 99.7 Å². The molecular formula is C20H27Cl2N2O10Sn2-. The summed E-state index contributed by atoms with van der Waals surface area (Å²) in [5.41, 5.74) is 7.45. The molecule has 12 nitrogen and oxygen atoms in total. The molecule has 16 heteroatoms. The number of phenols is 2. The van der Waals surface area contributed by atoms with Gasteiger partial charge in [0.15, 0.2) is 28.8 Å². The number of nitrogen functional groups attached to an aromatic ring is 1. The number of anilines is 1. The predicted molar refractivity (Wildman–Crippen MR) is 140 cm³/mol. The first-order valence-electron chi connectivity index (χ1n) is 9.03. The molecule has 0 aromatic heterocycles. The number of hydrogen-bond acceptors (Lipinski definition) is 10. The Morgan fingerprint density at radius 2 is 1.25 bits per heavy atom. The molecule has 0 spiro atoms. The van der Waals surface area contributed by atoms with Crippen LogP contribution in [0, 0.1) is 10.1 Å². The summed E-state index contributed by atoms with van der Waals surface area (Å²) in [5.74, 6) is -0.458. The molecule has 2 aliphatic carbocycles. The van der Waals surface area contributed by atoms with Crippen molar-refractivity contribution in [3.05, 3.63) is 44.5 Å². The summed E-state index contributed by atoms with van der Waals surface area (Å²) in [6.45, 7) is 0. The Balaban J connectivity index is -0.000000245. The van der Waals surface area contributed by atoms with Crippen molar-refractivity contribution in [2.75, 3.05) is 20.0 Å². The zero-order valence-corrected chi connectivity index (χ0v) is 27.5. The standard InChI is InChI=1S/C10H9NO5.C10H11NO3.2ClH.2H2O.2Sn.2H/c1-16-8-4-6-5(2-3-7(6)12)9(10(8)13)11(14)15;1-14-8-4-6-5(2-3-7(6)12)9(11)10(8)13;;;;;;;;/h4,13H,2-3H2,1H3;4,13H,2-3,11H2,1H3;2*1H;2*1H2;;;;/p-1. The number of carbonyl (C=O) groups is 2. The number of nitro benzene ring substituents is 1. The number of halogens is 2. The van der Waals surface area contributed by atoms with Crippen LogP contribution < -0.4 is 15.2 Å². The number of rotatable bonds is 3. The van der Waals surface area contributed by atoms with E-state index in [2.05, 4.69) is 0 Å². The van der Waals surface area contributed by atoms with Gasteiger partial charge in [0.2, 0.25) is 5.75 Å². The van der Waals surface area contributed by atoms with E-state index in [9.17, 15) is 29.9 Å². The second kappa shape index (κ2) is 16.9. The van der Waals surface area contributed by atoms with E-state index in [1.54, 1.807) is 6.07 Å². The molecule has 2 aromatic rings. The second-order valence-electron chi connectivity index (χ2n) is 6.77. The summed E-state index contributed by atoms with van der Waals surface area (Å²) in [6.07, 6.45) is 1.61. The molecule has 4 rings (SSSR count). The fraction of sp³-hybridized carbons (Fsp3) is 0.300. The van der Waals surface area contributed by atoms with E-state index in [-0.39, 0.29) is 130 Å².